The van der Waals surface area contributed by atoms with E-state index in [0.717, 1.165) is 17.3 Å². The van der Waals surface area contributed by atoms with Gasteiger partial charge in [0.15, 0.2) is 0 Å². The van der Waals surface area contributed by atoms with Crippen molar-refractivity contribution < 1.29 is 27.4 Å². The second-order valence-electron chi connectivity index (χ2n) is 8.42. The fourth-order valence-corrected chi connectivity index (χ4v) is 4.06. The number of benzene rings is 1. The van der Waals surface area contributed by atoms with Crippen LogP contribution in [-0.2, 0) is 16.3 Å². The van der Waals surface area contributed by atoms with Gasteiger partial charge in [-0.25, -0.2) is 4.98 Å². The highest BCUT2D eigenvalue weighted by Crippen LogP contribution is 2.40. The number of aryl methyl sites for hydroxylation is 1. The quantitative estimate of drug-likeness (QED) is 0.497. The van der Waals surface area contributed by atoms with Gasteiger partial charge in [0.2, 0.25) is 5.88 Å². The van der Waals surface area contributed by atoms with Crippen LogP contribution in [0.5, 0.6) is 5.88 Å². The molecule has 10 heteroatoms. The van der Waals surface area contributed by atoms with E-state index in [1.807, 2.05) is 19.9 Å². The summed E-state index contributed by atoms with van der Waals surface area (Å²) in [6.07, 6.45) is -1.57. The Morgan fingerprint density at radius 3 is 2.72 bits per heavy atom. The molecule has 1 unspecified atom stereocenters. The van der Waals surface area contributed by atoms with Gasteiger partial charge in [0, 0.05) is 41.4 Å². The second-order valence-corrected chi connectivity index (χ2v) is 8.42. The number of nitriles is 1. The Bertz CT molecular complexity index is 1330. The first-order chi connectivity index (χ1) is 17.2. The molecule has 1 saturated heterocycles. The number of amides is 1. The molecule has 0 saturated carbocycles. The van der Waals surface area contributed by atoms with Crippen molar-refractivity contribution in [1.29, 1.82) is 5.26 Å². The third-order valence-corrected chi connectivity index (χ3v) is 6.00. The summed E-state index contributed by atoms with van der Waals surface area (Å²) in [6.45, 7) is 4.78. The highest BCUT2D eigenvalue weighted by molar-refractivity contribution is 6.04. The lowest BCUT2D eigenvalue weighted by Gasteiger charge is -2.22. The number of rotatable bonds is 6. The molecule has 1 aliphatic rings. The van der Waals surface area contributed by atoms with Crippen LogP contribution in [-0.4, -0.2) is 35.7 Å². The Balaban J connectivity index is 1.68. The van der Waals surface area contributed by atoms with E-state index in [1.54, 1.807) is 24.4 Å². The zero-order valence-corrected chi connectivity index (χ0v) is 19.6. The Labute approximate surface area is 205 Å². The van der Waals surface area contributed by atoms with Crippen molar-refractivity contribution in [1.82, 2.24) is 9.97 Å². The molecule has 1 N–H and O–H groups in total. The fourth-order valence-electron chi connectivity index (χ4n) is 4.06. The number of pyridine rings is 2. The maximum atomic E-state index is 13.0. The predicted octanol–water partition coefficient (Wildman–Crippen LogP) is 5.30. The van der Waals surface area contributed by atoms with E-state index in [4.69, 9.17) is 9.47 Å². The van der Waals surface area contributed by atoms with E-state index >= 15 is 0 Å². The van der Waals surface area contributed by atoms with Crippen LogP contribution in [0.15, 0.2) is 48.8 Å². The number of hydrogen-bond acceptors (Lipinski definition) is 6. The van der Waals surface area contributed by atoms with Gasteiger partial charge in [-0.3, -0.25) is 9.78 Å². The molecular weight excluding hydrogens is 473 g/mol. The van der Waals surface area contributed by atoms with Crippen molar-refractivity contribution >= 4 is 11.6 Å². The highest BCUT2D eigenvalue weighted by Gasteiger charge is 2.40. The molecule has 1 aromatic carbocycles. The number of ether oxygens (including phenoxy) is 2. The molecule has 2 aromatic heterocycles. The smallest absolute Gasteiger partial charge is 0.433 e. The largest absolute Gasteiger partial charge is 0.478 e. The maximum absolute atomic E-state index is 13.0. The predicted molar refractivity (Wildman–Crippen MR) is 125 cm³/mol. The lowest BCUT2D eigenvalue weighted by Crippen LogP contribution is -2.25. The average Bonchev–Trinajstić information content (AvgIpc) is 3.35. The van der Waals surface area contributed by atoms with Gasteiger partial charge < -0.3 is 14.8 Å². The summed E-state index contributed by atoms with van der Waals surface area (Å²) < 4.78 is 50.2. The van der Waals surface area contributed by atoms with Crippen LogP contribution in [0.3, 0.4) is 0 Å². The summed E-state index contributed by atoms with van der Waals surface area (Å²) >= 11 is 0. The number of carbonyl (C=O) groups is 1. The molecule has 1 fully saturated rings. The van der Waals surface area contributed by atoms with Gasteiger partial charge in [-0.2, -0.15) is 18.4 Å². The third kappa shape index (κ3) is 5.02. The zero-order valence-electron chi connectivity index (χ0n) is 19.6. The molecule has 7 nitrogen and oxygen atoms in total. The van der Waals surface area contributed by atoms with Gasteiger partial charge >= 0.3 is 6.18 Å². The summed E-state index contributed by atoms with van der Waals surface area (Å²) in [7, 11) is 0. The average molecular weight is 496 g/mol. The molecule has 0 spiro atoms. The number of nitrogens with zero attached hydrogens (tertiary/aromatic N) is 3. The Morgan fingerprint density at radius 2 is 2.06 bits per heavy atom. The normalized spacial score (nSPS) is 17.4. The minimum atomic E-state index is -4.66. The van der Waals surface area contributed by atoms with Crippen LogP contribution in [0.25, 0.3) is 11.1 Å². The van der Waals surface area contributed by atoms with E-state index in [1.165, 1.54) is 6.07 Å². The van der Waals surface area contributed by atoms with Crippen LogP contribution in [0.2, 0.25) is 0 Å². The number of hydrogen-bond donors (Lipinski definition) is 1. The van der Waals surface area contributed by atoms with Crippen molar-refractivity contribution in [3.05, 3.63) is 71.2 Å². The van der Waals surface area contributed by atoms with Crippen LogP contribution in [0, 0.1) is 18.3 Å². The van der Waals surface area contributed by atoms with Crippen molar-refractivity contribution in [3.8, 4) is 23.1 Å². The van der Waals surface area contributed by atoms with Crippen molar-refractivity contribution in [3.63, 3.8) is 0 Å². The van der Waals surface area contributed by atoms with E-state index in [0.29, 0.717) is 48.4 Å². The first kappa shape index (κ1) is 25.1. The molecule has 3 aromatic rings. The summed E-state index contributed by atoms with van der Waals surface area (Å²) in [6, 6.07) is 11.3. The molecule has 0 aliphatic carbocycles. The zero-order chi connectivity index (χ0) is 25.9. The van der Waals surface area contributed by atoms with Crippen LogP contribution < -0.4 is 10.1 Å². The molecule has 186 valence electrons. The monoisotopic (exact) mass is 496 g/mol. The summed E-state index contributed by atoms with van der Waals surface area (Å²) in [5.74, 6) is -0.330. The molecule has 1 aliphatic heterocycles. The number of aromatic nitrogens is 2. The molecule has 1 amide bonds. The number of nitrogens with one attached hydrogen (secondary N) is 1. The number of halogens is 3. The van der Waals surface area contributed by atoms with Crippen molar-refractivity contribution in [2.75, 3.05) is 25.1 Å². The summed E-state index contributed by atoms with van der Waals surface area (Å²) in [4.78, 5) is 20.4. The van der Waals surface area contributed by atoms with Gasteiger partial charge in [0.1, 0.15) is 11.1 Å². The molecule has 36 heavy (non-hydrogen) atoms. The molecule has 0 bridgehead atoms. The Kier molecular flexibility index (Phi) is 6.95. The van der Waals surface area contributed by atoms with Crippen LogP contribution >= 0.6 is 0 Å². The lowest BCUT2D eigenvalue weighted by atomic mass is 9.80. The Hall–Kier alpha value is -3.97. The molecule has 1 atom stereocenters. The molecular formula is C26H23F3N4O3. The number of alkyl halides is 3. The lowest BCUT2D eigenvalue weighted by molar-refractivity contribution is -0.141. The first-order valence-electron chi connectivity index (χ1n) is 11.2. The Morgan fingerprint density at radius 1 is 1.25 bits per heavy atom. The van der Waals surface area contributed by atoms with Crippen LogP contribution in [0.4, 0.5) is 18.9 Å². The van der Waals surface area contributed by atoms with Crippen molar-refractivity contribution in [2.24, 2.45) is 0 Å². The number of carbonyl (C=O) groups excluding carboxylic acids is 1. The summed E-state index contributed by atoms with van der Waals surface area (Å²) in [5.41, 5.74) is 1.14. The first-order valence-corrected chi connectivity index (χ1v) is 11.2. The van der Waals surface area contributed by atoms with E-state index in [-0.39, 0.29) is 12.2 Å². The van der Waals surface area contributed by atoms with Crippen LogP contribution in [0.1, 0.15) is 40.5 Å². The van der Waals surface area contributed by atoms with E-state index in [2.05, 4.69) is 21.4 Å². The van der Waals surface area contributed by atoms with Gasteiger partial charge in [-0.15, -0.1) is 0 Å². The minimum absolute atomic E-state index is 0.165. The minimum Gasteiger partial charge on any atom is -0.478 e. The van der Waals surface area contributed by atoms with Gasteiger partial charge in [-0.1, -0.05) is 6.07 Å². The van der Waals surface area contributed by atoms with Gasteiger partial charge in [0.05, 0.1) is 19.3 Å². The molecule has 0 radical (unpaired) electrons. The van der Waals surface area contributed by atoms with Gasteiger partial charge in [-0.05, 0) is 61.7 Å². The standard InChI is InChI=1S/C26H23F3N4O3/c1-3-36-24-21(25(14-30)7-9-35-15-25)10-18(13-32-24)20-12-19(5-4-16(20)2)33-23(34)17-6-8-31-22(11-17)26(27,28)29/h4-6,8,10-13H,3,7,9,15H2,1-2H3,(H,33,34). The summed E-state index contributed by atoms with van der Waals surface area (Å²) in [5, 5.41) is 12.6. The SMILES string of the molecule is CCOc1ncc(-c2cc(NC(=O)c3ccnc(C(F)(F)F)c3)ccc2C)cc1C1(C#N)CCOC1. The topological polar surface area (TPSA) is 97.1 Å². The third-order valence-electron chi connectivity index (χ3n) is 6.00. The van der Waals surface area contributed by atoms with Gasteiger partial charge in [0.25, 0.3) is 5.91 Å². The second kappa shape index (κ2) is 9.95. The molecule has 3 heterocycles. The highest BCUT2D eigenvalue weighted by atomic mass is 19.4. The fraction of sp³-hybridized carbons (Fsp3) is 0.308. The maximum Gasteiger partial charge on any atom is 0.433 e. The molecule has 4 rings (SSSR count). The van der Waals surface area contributed by atoms with Crippen molar-refractivity contribution in [2.45, 2.75) is 31.9 Å². The van der Waals surface area contributed by atoms with E-state index in [9.17, 15) is 23.2 Å². The number of anilines is 1. The van der Waals surface area contributed by atoms with E-state index < -0.39 is 23.2 Å².